The lowest BCUT2D eigenvalue weighted by Gasteiger charge is -2.35. The number of nitrogens with one attached hydrogen (secondary N) is 1. The van der Waals surface area contributed by atoms with E-state index in [1.807, 2.05) is 61.9 Å². The zero-order chi connectivity index (χ0) is 20.1. The van der Waals surface area contributed by atoms with E-state index in [2.05, 4.69) is 10.2 Å². The van der Waals surface area contributed by atoms with Crippen LogP contribution in [0, 0.1) is 0 Å². The highest BCUT2D eigenvalue weighted by Crippen LogP contribution is 2.14. The molecule has 1 aromatic heterocycles. The quantitative estimate of drug-likeness (QED) is 0.856. The molecule has 7 nitrogen and oxygen atoms in total. The van der Waals surface area contributed by atoms with E-state index in [4.69, 9.17) is 4.74 Å². The van der Waals surface area contributed by atoms with Crippen LogP contribution in [0.2, 0.25) is 0 Å². The molecule has 0 aliphatic carbocycles. The van der Waals surface area contributed by atoms with Gasteiger partial charge >= 0.3 is 6.09 Å². The molecule has 2 heterocycles. The summed E-state index contributed by atoms with van der Waals surface area (Å²) in [6.45, 7) is 10.2. The van der Waals surface area contributed by atoms with Crippen molar-refractivity contribution < 1.29 is 14.3 Å². The molecule has 2 aromatic rings. The van der Waals surface area contributed by atoms with E-state index in [1.54, 1.807) is 4.90 Å². The summed E-state index contributed by atoms with van der Waals surface area (Å²) >= 11 is 0. The second-order valence-corrected chi connectivity index (χ2v) is 8.16. The summed E-state index contributed by atoms with van der Waals surface area (Å²) in [5.41, 5.74) is 0.597. The number of piperazine rings is 1. The van der Waals surface area contributed by atoms with Gasteiger partial charge in [-0.25, -0.2) is 4.79 Å². The van der Waals surface area contributed by atoms with Gasteiger partial charge in [0.05, 0.1) is 0 Å². The van der Waals surface area contributed by atoms with Crippen LogP contribution < -0.4 is 5.32 Å². The van der Waals surface area contributed by atoms with Crippen LogP contribution in [0.15, 0.2) is 36.5 Å². The minimum absolute atomic E-state index is 0.00810. The highest BCUT2D eigenvalue weighted by molar-refractivity contribution is 5.83. The van der Waals surface area contributed by atoms with Crippen LogP contribution in [-0.4, -0.2) is 71.2 Å². The average Bonchev–Trinajstić information content (AvgIpc) is 3.04. The van der Waals surface area contributed by atoms with Crippen LogP contribution in [0.3, 0.4) is 0 Å². The number of carbonyl (C=O) groups excluding carboxylic acids is 2. The summed E-state index contributed by atoms with van der Waals surface area (Å²) in [4.78, 5) is 28.3. The fraction of sp³-hybridized carbons (Fsp3) is 0.524. The molecule has 3 rings (SSSR count). The first-order chi connectivity index (χ1) is 13.3. The molecular formula is C21H30N4O3. The molecule has 0 radical (unpaired) electrons. The van der Waals surface area contributed by atoms with E-state index in [1.165, 1.54) is 0 Å². The normalized spacial score (nSPS) is 15.6. The molecule has 1 N–H and O–H groups in total. The lowest BCUT2D eigenvalue weighted by atomic mass is 10.2. The number of para-hydroxylation sites is 1. The molecule has 28 heavy (non-hydrogen) atoms. The maximum Gasteiger partial charge on any atom is 0.410 e. The van der Waals surface area contributed by atoms with Crippen LogP contribution in [0.5, 0.6) is 0 Å². The first-order valence-electron chi connectivity index (χ1n) is 9.83. The van der Waals surface area contributed by atoms with E-state index in [-0.39, 0.29) is 12.0 Å². The molecular weight excluding hydrogens is 356 g/mol. The predicted molar refractivity (Wildman–Crippen MR) is 109 cm³/mol. The molecule has 0 bridgehead atoms. The van der Waals surface area contributed by atoms with Crippen LogP contribution in [0.1, 0.15) is 20.8 Å². The van der Waals surface area contributed by atoms with Gasteiger partial charge in [0.15, 0.2) is 0 Å². The summed E-state index contributed by atoms with van der Waals surface area (Å²) < 4.78 is 7.38. The zero-order valence-corrected chi connectivity index (χ0v) is 17.0. The Kier molecular flexibility index (Phi) is 6.24. The van der Waals surface area contributed by atoms with Crippen LogP contribution in [0.25, 0.3) is 10.9 Å². The summed E-state index contributed by atoms with van der Waals surface area (Å²) in [5, 5.41) is 4.13. The summed E-state index contributed by atoms with van der Waals surface area (Å²) in [5.74, 6) is 0.00810. The van der Waals surface area contributed by atoms with Crippen molar-refractivity contribution in [2.75, 3.05) is 39.3 Å². The Bertz CT molecular complexity index is 816. The van der Waals surface area contributed by atoms with Crippen molar-refractivity contribution in [1.29, 1.82) is 0 Å². The van der Waals surface area contributed by atoms with Gasteiger partial charge in [0.25, 0.3) is 0 Å². The number of nitrogens with zero attached hydrogens (tertiary/aromatic N) is 3. The molecule has 0 atom stereocenters. The highest BCUT2D eigenvalue weighted by Gasteiger charge is 2.25. The standard InChI is InChI=1S/C21H30N4O3/c1-21(2,3)28-20(27)24-14-12-23(13-15-24)11-9-22-19(26)16-25-10-8-17-6-4-5-7-18(17)25/h4-8,10H,9,11-16H2,1-3H3,(H,22,26). The molecule has 152 valence electrons. The Morgan fingerprint density at radius 3 is 2.50 bits per heavy atom. The van der Waals surface area contributed by atoms with Crippen LogP contribution in [0.4, 0.5) is 4.79 Å². The Labute approximate surface area is 166 Å². The monoisotopic (exact) mass is 386 g/mol. The first kappa shape index (κ1) is 20.2. The summed E-state index contributed by atoms with van der Waals surface area (Å²) in [7, 11) is 0. The second kappa shape index (κ2) is 8.65. The lowest BCUT2D eigenvalue weighted by Crippen LogP contribution is -2.51. The second-order valence-electron chi connectivity index (χ2n) is 8.16. The third-order valence-electron chi connectivity index (χ3n) is 4.77. The Morgan fingerprint density at radius 2 is 1.79 bits per heavy atom. The smallest absolute Gasteiger partial charge is 0.410 e. The topological polar surface area (TPSA) is 66.8 Å². The first-order valence-corrected chi connectivity index (χ1v) is 9.83. The molecule has 1 saturated heterocycles. The number of hydrogen-bond donors (Lipinski definition) is 1. The third kappa shape index (κ3) is 5.48. The number of hydrogen-bond acceptors (Lipinski definition) is 4. The van der Waals surface area contributed by atoms with Gasteiger partial charge in [-0.2, -0.15) is 0 Å². The van der Waals surface area contributed by atoms with Crippen LogP contribution in [-0.2, 0) is 16.1 Å². The third-order valence-corrected chi connectivity index (χ3v) is 4.77. The Balaban J connectivity index is 1.37. The predicted octanol–water partition coefficient (Wildman–Crippen LogP) is 2.31. The largest absolute Gasteiger partial charge is 0.444 e. The molecule has 1 fully saturated rings. The SMILES string of the molecule is CC(C)(C)OC(=O)N1CCN(CCNC(=O)Cn2ccc3ccccc32)CC1. The van der Waals surface area contributed by atoms with Crippen molar-refractivity contribution >= 4 is 22.9 Å². The minimum Gasteiger partial charge on any atom is -0.444 e. The molecule has 0 unspecified atom stereocenters. The lowest BCUT2D eigenvalue weighted by molar-refractivity contribution is -0.121. The van der Waals surface area contributed by atoms with Gasteiger partial charge in [0.1, 0.15) is 12.1 Å². The molecule has 1 aromatic carbocycles. The van der Waals surface area contributed by atoms with Crippen molar-refractivity contribution in [1.82, 2.24) is 19.7 Å². The van der Waals surface area contributed by atoms with E-state index in [9.17, 15) is 9.59 Å². The van der Waals surface area contributed by atoms with Crippen LogP contribution >= 0.6 is 0 Å². The minimum atomic E-state index is -0.469. The molecule has 7 heteroatoms. The Morgan fingerprint density at radius 1 is 1.07 bits per heavy atom. The van der Waals surface area contributed by atoms with Gasteiger partial charge in [0.2, 0.25) is 5.91 Å². The van der Waals surface area contributed by atoms with Crippen molar-refractivity contribution in [3.63, 3.8) is 0 Å². The zero-order valence-electron chi connectivity index (χ0n) is 17.0. The number of fused-ring (bicyclic) bond motifs is 1. The van der Waals surface area contributed by atoms with Crippen molar-refractivity contribution in [3.05, 3.63) is 36.5 Å². The molecule has 1 aliphatic rings. The number of benzene rings is 1. The van der Waals surface area contributed by atoms with E-state index in [0.29, 0.717) is 26.2 Å². The van der Waals surface area contributed by atoms with Crippen molar-refractivity contribution in [2.24, 2.45) is 0 Å². The molecule has 0 saturated carbocycles. The summed E-state index contributed by atoms with van der Waals surface area (Å²) in [6.07, 6.45) is 1.69. The maximum atomic E-state index is 12.3. The van der Waals surface area contributed by atoms with E-state index in [0.717, 1.165) is 30.5 Å². The maximum absolute atomic E-state index is 12.3. The number of rotatable bonds is 5. The van der Waals surface area contributed by atoms with Gasteiger partial charge in [-0.1, -0.05) is 18.2 Å². The van der Waals surface area contributed by atoms with Gasteiger partial charge in [-0.05, 0) is 38.3 Å². The van der Waals surface area contributed by atoms with E-state index >= 15 is 0 Å². The number of aromatic nitrogens is 1. The number of ether oxygens (including phenoxy) is 1. The Hall–Kier alpha value is -2.54. The molecule has 2 amide bonds. The van der Waals surface area contributed by atoms with Gasteiger partial charge in [0, 0.05) is 51.0 Å². The fourth-order valence-corrected chi connectivity index (χ4v) is 3.32. The molecule has 1 aliphatic heterocycles. The fourth-order valence-electron chi connectivity index (χ4n) is 3.32. The van der Waals surface area contributed by atoms with Gasteiger partial charge in [-0.15, -0.1) is 0 Å². The van der Waals surface area contributed by atoms with Crippen molar-refractivity contribution in [2.45, 2.75) is 32.9 Å². The summed E-state index contributed by atoms with van der Waals surface area (Å²) in [6, 6.07) is 10.1. The number of amides is 2. The van der Waals surface area contributed by atoms with Crippen molar-refractivity contribution in [3.8, 4) is 0 Å². The van der Waals surface area contributed by atoms with Gasteiger partial charge < -0.3 is 19.5 Å². The highest BCUT2D eigenvalue weighted by atomic mass is 16.6. The van der Waals surface area contributed by atoms with E-state index < -0.39 is 5.60 Å². The molecule has 0 spiro atoms. The van der Waals surface area contributed by atoms with Gasteiger partial charge in [-0.3, -0.25) is 9.69 Å². The average molecular weight is 386 g/mol. The number of carbonyl (C=O) groups is 2.